The van der Waals surface area contributed by atoms with Crippen molar-refractivity contribution in [3.8, 4) is 0 Å². The molecule has 0 aliphatic carbocycles. The summed E-state index contributed by atoms with van der Waals surface area (Å²) in [6, 6.07) is 8.10. The molecule has 3 N–H and O–H groups in total. The minimum Gasteiger partial charge on any atom is -0.399 e. The summed E-state index contributed by atoms with van der Waals surface area (Å²) in [5.74, 6) is -2.43. The van der Waals surface area contributed by atoms with Gasteiger partial charge in [0.15, 0.2) is 11.6 Å². The van der Waals surface area contributed by atoms with Crippen LogP contribution in [0.15, 0.2) is 36.4 Å². The fourth-order valence-electron chi connectivity index (χ4n) is 1.90. The van der Waals surface area contributed by atoms with Crippen LogP contribution in [0.2, 0.25) is 0 Å². The van der Waals surface area contributed by atoms with Crippen LogP contribution in [0, 0.1) is 11.6 Å². The number of halogens is 2. The van der Waals surface area contributed by atoms with Gasteiger partial charge in [-0.3, -0.25) is 4.79 Å². The number of amides is 1. The van der Waals surface area contributed by atoms with E-state index in [-0.39, 0.29) is 5.69 Å². The maximum atomic E-state index is 13.1. The summed E-state index contributed by atoms with van der Waals surface area (Å²) in [5, 5.41) is 2.52. The summed E-state index contributed by atoms with van der Waals surface area (Å²) in [7, 11) is 3.58. The number of hydrogen-bond acceptors (Lipinski definition) is 3. The Balaban J connectivity index is 2.31. The predicted molar refractivity (Wildman–Crippen MR) is 79.5 cm³/mol. The highest BCUT2D eigenvalue weighted by atomic mass is 19.2. The molecule has 0 radical (unpaired) electrons. The van der Waals surface area contributed by atoms with E-state index in [2.05, 4.69) is 5.32 Å². The number of anilines is 3. The number of benzene rings is 2. The van der Waals surface area contributed by atoms with E-state index in [4.69, 9.17) is 5.73 Å². The summed E-state index contributed by atoms with van der Waals surface area (Å²) < 4.78 is 26.0. The van der Waals surface area contributed by atoms with Crippen molar-refractivity contribution in [3.05, 3.63) is 53.6 Å². The third-order valence-electron chi connectivity index (χ3n) is 2.92. The van der Waals surface area contributed by atoms with Crippen molar-refractivity contribution in [1.29, 1.82) is 0 Å². The Morgan fingerprint density at radius 3 is 2.43 bits per heavy atom. The topological polar surface area (TPSA) is 58.4 Å². The quantitative estimate of drug-likeness (QED) is 0.855. The van der Waals surface area contributed by atoms with Gasteiger partial charge in [-0.2, -0.15) is 0 Å². The summed E-state index contributed by atoms with van der Waals surface area (Å²) in [4.78, 5) is 14.0. The van der Waals surface area contributed by atoms with Crippen LogP contribution in [0.3, 0.4) is 0 Å². The fraction of sp³-hybridized carbons (Fsp3) is 0.133. The van der Waals surface area contributed by atoms with Gasteiger partial charge >= 0.3 is 0 Å². The van der Waals surface area contributed by atoms with Gasteiger partial charge in [0.1, 0.15) is 0 Å². The summed E-state index contributed by atoms with van der Waals surface area (Å²) in [5.41, 5.74) is 7.33. The standard InChI is InChI=1S/C15H15F2N3O/c1-20(2)14-6-3-9(18)7-11(14)15(21)19-10-4-5-12(16)13(17)8-10/h3-8H,18H2,1-2H3,(H,19,21). The van der Waals surface area contributed by atoms with Gasteiger partial charge in [0.05, 0.1) is 5.56 Å². The van der Waals surface area contributed by atoms with Gasteiger partial charge in [0.25, 0.3) is 5.91 Å². The molecule has 0 fully saturated rings. The van der Waals surface area contributed by atoms with E-state index < -0.39 is 17.5 Å². The van der Waals surface area contributed by atoms with Crippen molar-refractivity contribution >= 4 is 23.0 Å². The molecule has 6 heteroatoms. The number of nitrogens with one attached hydrogen (secondary N) is 1. The summed E-state index contributed by atoms with van der Waals surface area (Å²) in [6.07, 6.45) is 0. The highest BCUT2D eigenvalue weighted by molar-refractivity contribution is 6.08. The average Bonchev–Trinajstić information content (AvgIpc) is 2.42. The number of carbonyl (C=O) groups is 1. The smallest absolute Gasteiger partial charge is 0.257 e. The highest BCUT2D eigenvalue weighted by Gasteiger charge is 2.14. The first-order chi connectivity index (χ1) is 9.88. The first-order valence-corrected chi connectivity index (χ1v) is 6.21. The zero-order chi connectivity index (χ0) is 15.6. The molecule has 0 heterocycles. The Bertz CT molecular complexity index is 687. The molecule has 0 atom stereocenters. The zero-order valence-electron chi connectivity index (χ0n) is 11.7. The van der Waals surface area contributed by atoms with Crippen molar-refractivity contribution in [3.63, 3.8) is 0 Å². The minimum atomic E-state index is -1.02. The second kappa shape index (κ2) is 5.78. The number of carbonyl (C=O) groups excluding carboxylic acids is 1. The fourth-order valence-corrected chi connectivity index (χ4v) is 1.90. The summed E-state index contributed by atoms with van der Waals surface area (Å²) in [6.45, 7) is 0. The molecular weight excluding hydrogens is 276 g/mol. The lowest BCUT2D eigenvalue weighted by Crippen LogP contribution is -2.19. The average molecular weight is 291 g/mol. The third-order valence-corrected chi connectivity index (χ3v) is 2.92. The number of nitrogen functional groups attached to an aromatic ring is 1. The maximum Gasteiger partial charge on any atom is 0.257 e. The molecule has 1 amide bonds. The molecule has 0 aromatic heterocycles. The Morgan fingerprint density at radius 2 is 1.81 bits per heavy atom. The van der Waals surface area contributed by atoms with Crippen LogP contribution in [0.25, 0.3) is 0 Å². The number of rotatable bonds is 3. The second-order valence-corrected chi connectivity index (χ2v) is 4.75. The molecule has 0 unspecified atom stereocenters. The van der Waals surface area contributed by atoms with Crippen molar-refractivity contribution in [2.24, 2.45) is 0 Å². The summed E-state index contributed by atoms with van der Waals surface area (Å²) >= 11 is 0. The molecule has 2 aromatic rings. The molecule has 2 rings (SSSR count). The van der Waals surface area contributed by atoms with Crippen LogP contribution in [0.1, 0.15) is 10.4 Å². The van der Waals surface area contributed by atoms with Crippen molar-refractivity contribution < 1.29 is 13.6 Å². The molecule has 21 heavy (non-hydrogen) atoms. The molecule has 0 saturated heterocycles. The predicted octanol–water partition coefficient (Wildman–Crippen LogP) is 2.87. The Labute approximate surface area is 121 Å². The molecule has 0 bridgehead atoms. The highest BCUT2D eigenvalue weighted by Crippen LogP contribution is 2.23. The third kappa shape index (κ3) is 3.28. The zero-order valence-corrected chi connectivity index (χ0v) is 11.7. The van der Waals surface area contributed by atoms with Crippen LogP contribution in [0.5, 0.6) is 0 Å². The van der Waals surface area contributed by atoms with Crippen molar-refractivity contribution in [2.75, 3.05) is 30.0 Å². The Morgan fingerprint density at radius 1 is 1.10 bits per heavy atom. The van der Waals surface area contributed by atoms with E-state index in [0.29, 0.717) is 16.9 Å². The molecule has 4 nitrogen and oxygen atoms in total. The van der Waals surface area contributed by atoms with E-state index in [1.54, 1.807) is 31.1 Å². The van der Waals surface area contributed by atoms with Gasteiger partial charge in [-0.1, -0.05) is 0 Å². The first kappa shape index (κ1) is 14.8. The van der Waals surface area contributed by atoms with Gasteiger partial charge in [-0.25, -0.2) is 8.78 Å². The number of hydrogen-bond donors (Lipinski definition) is 2. The van der Waals surface area contributed by atoms with E-state index >= 15 is 0 Å². The maximum absolute atomic E-state index is 13.1. The Hall–Kier alpha value is -2.63. The van der Waals surface area contributed by atoms with Crippen molar-refractivity contribution in [2.45, 2.75) is 0 Å². The van der Waals surface area contributed by atoms with E-state index in [1.807, 2.05) is 0 Å². The Kier molecular flexibility index (Phi) is 4.07. The molecule has 0 aliphatic rings. The van der Waals surface area contributed by atoms with E-state index in [1.165, 1.54) is 12.1 Å². The van der Waals surface area contributed by atoms with Crippen molar-refractivity contribution in [1.82, 2.24) is 0 Å². The molecule has 0 aliphatic heterocycles. The lowest BCUT2D eigenvalue weighted by atomic mass is 10.1. The van der Waals surface area contributed by atoms with Gasteiger partial charge < -0.3 is 16.0 Å². The van der Waals surface area contributed by atoms with Gasteiger partial charge in [-0.15, -0.1) is 0 Å². The monoisotopic (exact) mass is 291 g/mol. The van der Waals surface area contributed by atoms with Gasteiger partial charge in [-0.05, 0) is 30.3 Å². The van der Waals surface area contributed by atoms with Crippen LogP contribution >= 0.6 is 0 Å². The number of nitrogens with zero attached hydrogens (tertiary/aromatic N) is 1. The number of nitrogens with two attached hydrogens (primary N) is 1. The van der Waals surface area contributed by atoms with E-state index in [9.17, 15) is 13.6 Å². The largest absolute Gasteiger partial charge is 0.399 e. The molecule has 2 aromatic carbocycles. The minimum absolute atomic E-state index is 0.172. The van der Waals surface area contributed by atoms with Crippen LogP contribution < -0.4 is 16.0 Å². The molecule has 0 saturated carbocycles. The van der Waals surface area contributed by atoms with Crippen LogP contribution in [-0.2, 0) is 0 Å². The normalized spacial score (nSPS) is 10.3. The lowest BCUT2D eigenvalue weighted by molar-refractivity contribution is 0.102. The SMILES string of the molecule is CN(C)c1ccc(N)cc1C(=O)Nc1ccc(F)c(F)c1. The second-order valence-electron chi connectivity index (χ2n) is 4.75. The van der Waals surface area contributed by atoms with Crippen LogP contribution in [0.4, 0.5) is 25.8 Å². The van der Waals surface area contributed by atoms with Crippen LogP contribution in [-0.4, -0.2) is 20.0 Å². The molecular formula is C15H15F2N3O. The molecule has 110 valence electrons. The van der Waals surface area contributed by atoms with E-state index in [0.717, 1.165) is 12.1 Å². The first-order valence-electron chi connectivity index (χ1n) is 6.21. The lowest BCUT2D eigenvalue weighted by Gasteiger charge is -2.17. The van der Waals surface area contributed by atoms with Gasteiger partial charge in [0.2, 0.25) is 0 Å². The van der Waals surface area contributed by atoms with Gasteiger partial charge in [0, 0.05) is 37.2 Å². The molecule has 0 spiro atoms.